The minimum atomic E-state index is -3.81. The molecule has 0 atom stereocenters. The zero-order valence-electron chi connectivity index (χ0n) is 11.0. The molecule has 0 aliphatic carbocycles. The normalized spacial score (nSPS) is 11.0. The highest BCUT2D eigenvalue weighted by Crippen LogP contribution is 2.22. The van der Waals surface area contributed by atoms with E-state index in [1.165, 1.54) is 37.4 Å². The molecule has 1 aromatic heterocycles. The van der Waals surface area contributed by atoms with Gasteiger partial charge in [0.25, 0.3) is 10.0 Å². The van der Waals surface area contributed by atoms with Gasteiger partial charge in [-0.05, 0) is 36.4 Å². The van der Waals surface area contributed by atoms with Crippen LogP contribution in [0.1, 0.15) is 6.92 Å². The summed E-state index contributed by atoms with van der Waals surface area (Å²) < 4.78 is 26.8. The fourth-order valence-corrected chi connectivity index (χ4v) is 3.12. The number of carbonyl (C=O) groups excluding carboxylic acids is 1. The fourth-order valence-electron chi connectivity index (χ4n) is 1.61. The quantitative estimate of drug-likeness (QED) is 0.845. The zero-order valence-corrected chi connectivity index (χ0v) is 12.6. The minimum absolute atomic E-state index is 0.0973. The maximum atomic E-state index is 12.2. The summed E-state index contributed by atoms with van der Waals surface area (Å²) in [7, 11) is -3.81. The summed E-state index contributed by atoms with van der Waals surface area (Å²) in [4.78, 5) is 14.5. The molecule has 1 aromatic carbocycles. The van der Waals surface area contributed by atoms with Crippen molar-refractivity contribution in [3.63, 3.8) is 0 Å². The summed E-state index contributed by atoms with van der Waals surface area (Å²) in [5.41, 5.74) is 0.925. The average Bonchev–Trinajstić information content (AvgIpc) is 2.40. The largest absolute Gasteiger partial charge is 0.326 e. The van der Waals surface area contributed by atoms with Gasteiger partial charge in [0, 0.05) is 24.5 Å². The highest BCUT2D eigenvalue weighted by Gasteiger charge is 2.18. The minimum Gasteiger partial charge on any atom is -0.326 e. The Hall–Kier alpha value is -2.12. The predicted molar refractivity (Wildman–Crippen MR) is 80.8 cm³/mol. The van der Waals surface area contributed by atoms with Crippen LogP contribution in [0.4, 0.5) is 11.4 Å². The molecule has 1 heterocycles. The second kappa shape index (κ2) is 6.11. The van der Waals surface area contributed by atoms with Crippen molar-refractivity contribution in [2.45, 2.75) is 11.8 Å². The Morgan fingerprint density at radius 1 is 1.14 bits per heavy atom. The van der Waals surface area contributed by atoms with E-state index in [2.05, 4.69) is 15.0 Å². The second-order valence-electron chi connectivity index (χ2n) is 4.16. The molecule has 0 saturated heterocycles. The van der Waals surface area contributed by atoms with E-state index < -0.39 is 10.0 Å². The molecular formula is C13H12ClN3O3S. The number of nitrogens with zero attached hydrogens (tertiary/aromatic N) is 1. The van der Waals surface area contributed by atoms with Crippen molar-refractivity contribution in [1.29, 1.82) is 0 Å². The van der Waals surface area contributed by atoms with Crippen LogP contribution in [0.3, 0.4) is 0 Å². The van der Waals surface area contributed by atoms with Gasteiger partial charge in [0.05, 0.1) is 0 Å². The van der Waals surface area contributed by atoms with Gasteiger partial charge in [-0.25, -0.2) is 13.4 Å². The fraction of sp³-hybridized carbons (Fsp3) is 0.0769. The number of sulfonamides is 1. The Kier molecular flexibility index (Phi) is 4.44. The SMILES string of the molecule is CC(=O)Nc1ccc(NS(=O)(=O)c2cccnc2Cl)cc1. The molecule has 0 aliphatic rings. The van der Waals surface area contributed by atoms with Crippen LogP contribution >= 0.6 is 11.6 Å². The van der Waals surface area contributed by atoms with Crippen LogP contribution in [0.15, 0.2) is 47.5 Å². The molecule has 0 aliphatic heterocycles. The van der Waals surface area contributed by atoms with Gasteiger partial charge in [-0.15, -0.1) is 0 Å². The number of hydrogen-bond donors (Lipinski definition) is 2. The monoisotopic (exact) mass is 325 g/mol. The van der Waals surface area contributed by atoms with E-state index >= 15 is 0 Å². The van der Waals surface area contributed by atoms with Crippen molar-refractivity contribution >= 4 is 38.9 Å². The molecule has 110 valence electrons. The lowest BCUT2D eigenvalue weighted by Crippen LogP contribution is -2.14. The van der Waals surface area contributed by atoms with Gasteiger partial charge < -0.3 is 5.32 Å². The number of halogens is 1. The number of anilines is 2. The molecule has 0 fully saturated rings. The molecule has 2 N–H and O–H groups in total. The Morgan fingerprint density at radius 2 is 1.76 bits per heavy atom. The van der Waals surface area contributed by atoms with E-state index in [9.17, 15) is 13.2 Å². The van der Waals surface area contributed by atoms with Crippen LogP contribution in [-0.2, 0) is 14.8 Å². The lowest BCUT2D eigenvalue weighted by molar-refractivity contribution is -0.114. The third-order valence-electron chi connectivity index (χ3n) is 2.47. The number of carbonyl (C=O) groups is 1. The predicted octanol–water partition coefficient (Wildman–Crippen LogP) is 2.49. The first-order valence-electron chi connectivity index (χ1n) is 5.89. The average molecular weight is 326 g/mol. The number of amides is 1. The van der Waals surface area contributed by atoms with Crippen LogP contribution in [0.2, 0.25) is 5.15 Å². The second-order valence-corrected chi connectivity index (χ2v) is 6.17. The lowest BCUT2D eigenvalue weighted by atomic mass is 10.3. The number of pyridine rings is 1. The van der Waals surface area contributed by atoms with Gasteiger partial charge in [-0.3, -0.25) is 9.52 Å². The van der Waals surface area contributed by atoms with E-state index in [1.807, 2.05) is 0 Å². The Labute approximate surface area is 127 Å². The van der Waals surface area contributed by atoms with Gasteiger partial charge >= 0.3 is 0 Å². The maximum absolute atomic E-state index is 12.2. The molecule has 21 heavy (non-hydrogen) atoms. The molecule has 0 saturated carbocycles. The Balaban J connectivity index is 2.21. The van der Waals surface area contributed by atoms with Crippen molar-refractivity contribution in [2.75, 3.05) is 10.0 Å². The first kappa shape index (κ1) is 15.3. The molecule has 0 bridgehead atoms. The summed E-state index contributed by atoms with van der Waals surface area (Å²) in [5.74, 6) is -0.203. The number of nitrogens with one attached hydrogen (secondary N) is 2. The van der Waals surface area contributed by atoms with Crippen LogP contribution < -0.4 is 10.0 Å². The number of benzene rings is 1. The molecule has 8 heteroatoms. The van der Waals surface area contributed by atoms with E-state index in [0.29, 0.717) is 11.4 Å². The lowest BCUT2D eigenvalue weighted by Gasteiger charge is -2.09. The number of rotatable bonds is 4. The van der Waals surface area contributed by atoms with Gasteiger partial charge in [-0.2, -0.15) is 0 Å². The highest BCUT2D eigenvalue weighted by atomic mass is 35.5. The number of hydrogen-bond acceptors (Lipinski definition) is 4. The summed E-state index contributed by atoms with van der Waals surface area (Å²) in [6.07, 6.45) is 1.41. The van der Waals surface area contributed by atoms with E-state index in [0.717, 1.165) is 0 Å². The van der Waals surface area contributed by atoms with E-state index in [4.69, 9.17) is 11.6 Å². The van der Waals surface area contributed by atoms with Crippen LogP contribution in [0, 0.1) is 0 Å². The third-order valence-corrected chi connectivity index (χ3v) is 4.30. The van der Waals surface area contributed by atoms with Crippen molar-refractivity contribution in [2.24, 2.45) is 0 Å². The van der Waals surface area contributed by atoms with Crippen molar-refractivity contribution in [3.05, 3.63) is 47.7 Å². The Bertz CT molecular complexity index is 760. The summed E-state index contributed by atoms with van der Waals surface area (Å²) in [6, 6.07) is 9.10. The zero-order chi connectivity index (χ0) is 15.5. The van der Waals surface area contributed by atoms with Gasteiger partial charge in [-0.1, -0.05) is 11.6 Å². The summed E-state index contributed by atoms with van der Waals surface area (Å²) in [5, 5.41) is 2.49. The van der Waals surface area contributed by atoms with E-state index in [1.54, 1.807) is 12.1 Å². The van der Waals surface area contributed by atoms with Gasteiger partial charge in [0.1, 0.15) is 10.0 Å². The first-order valence-corrected chi connectivity index (χ1v) is 7.75. The molecule has 0 radical (unpaired) electrons. The summed E-state index contributed by atoms with van der Waals surface area (Å²) in [6.45, 7) is 1.39. The van der Waals surface area contributed by atoms with E-state index in [-0.39, 0.29) is 16.0 Å². The molecule has 6 nitrogen and oxygen atoms in total. The topological polar surface area (TPSA) is 88.2 Å². The summed E-state index contributed by atoms with van der Waals surface area (Å²) >= 11 is 5.78. The van der Waals surface area contributed by atoms with Crippen molar-refractivity contribution in [3.8, 4) is 0 Å². The third kappa shape index (κ3) is 3.93. The Morgan fingerprint density at radius 3 is 2.33 bits per heavy atom. The highest BCUT2D eigenvalue weighted by molar-refractivity contribution is 7.92. The van der Waals surface area contributed by atoms with Crippen LogP contribution in [0.5, 0.6) is 0 Å². The molecular weight excluding hydrogens is 314 g/mol. The molecule has 2 rings (SSSR count). The molecule has 1 amide bonds. The standard InChI is InChI=1S/C13H12ClN3O3S/c1-9(18)16-10-4-6-11(7-5-10)17-21(19,20)12-3-2-8-15-13(12)14/h2-8,17H,1H3,(H,16,18). The van der Waals surface area contributed by atoms with Crippen molar-refractivity contribution < 1.29 is 13.2 Å². The maximum Gasteiger partial charge on any atom is 0.264 e. The molecule has 2 aromatic rings. The van der Waals surface area contributed by atoms with Crippen LogP contribution in [0.25, 0.3) is 0 Å². The molecule has 0 unspecified atom stereocenters. The smallest absolute Gasteiger partial charge is 0.264 e. The molecule has 0 spiro atoms. The van der Waals surface area contributed by atoms with Gasteiger partial charge in [0.15, 0.2) is 0 Å². The van der Waals surface area contributed by atoms with Gasteiger partial charge in [0.2, 0.25) is 5.91 Å². The van der Waals surface area contributed by atoms with Crippen molar-refractivity contribution in [1.82, 2.24) is 4.98 Å². The first-order chi connectivity index (χ1) is 9.88. The number of aromatic nitrogens is 1. The van der Waals surface area contributed by atoms with Crippen LogP contribution in [-0.4, -0.2) is 19.3 Å².